The fraction of sp³-hybridized carbons (Fsp3) is 0.125. The topological polar surface area (TPSA) is 42.0 Å². The van der Waals surface area contributed by atoms with Gasteiger partial charge in [-0.2, -0.15) is 0 Å². The minimum atomic E-state index is -0.206. The molecule has 0 spiro atoms. The molecule has 0 atom stereocenters. The van der Waals surface area contributed by atoms with Crippen molar-refractivity contribution in [2.45, 2.75) is 13.3 Å². The molecular formula is C16H11Cl3N2OS. The van der Waals surface area contributed by atoms with Gasteiger partial charge in [-0.15, -0.1) is 11.3 Å². The van der Waals surface area contributed by atoms with Crippen molar-refractivity contribution in [1.82, 2.24) is 4.98 Å². The summed E-state index contributed by atoms with van der Waals surface area (Å²) in [5, 5.41) is 5.18. The van der Waals surface area contributed by atoms with Crippen LogP contribution in [0.2, 0.25) is 15.1 Å². The third-order valence-electron chi connectivity index (χ3n) is 3.25. The standard InChI is InChI=1S/C16H11Cl3N2OS/c1-8-20-16-13(23-8)5-4-12(15(16)19)21-14(22)6-9-2-3-10(17)7-11(9)18/h2-5,7H,6H2,1H3,(H,21,22). The molecule has 0 fully saturated rings. The highest BCUT2D eigenvalue weighted by atomic mass is 35.5. The van der Waals surface area contributed by atoms with Gasteiger partial charge in [0.2, 0.25) is 5.91 Å². The number of benzene rings is 2. The van der Waals surface area contributed by atoms with Crippen LogP contribution in [0.3, 0.4) is 0 Å². The van der Waals surface area contributed by atoms with Crippen molar-refractivity contribution in [1.29, 1.82) is 0 Å². The van der Waals surface area contributed by atoms with Gasteiger partial charge >= 0.3 is 0 Å². The summed E-state index contributed by atoms with van der Waals surface area (Å²) in [6.07, 6.45) is 0.139. The highest BCUT2D eigenvalue weighted by Crippen LogP contribution is 2.33. The van der Waals surface area contributed by atoms with Crippen molar-refractivity contribution >= 4 is 68.0 Å². The number of anilines is 1. The average Bonchev–Trinajstić information content (AvgIpc) is 2.87. The normalized spacial score (nSPS) is 11.0. The molecule has 3 aromatic rings. The van der Waals surface area contributed by atoms with E-state index >= 15 is 0 Å². The zero-order valence-electron chi connectivity index (χ0n) is 12.0. The van der Waals surface area contributed by atoms with E-state index in [0.717, 1.165) is 9.71 Å². The molecule has 2 aromatic carbocycles. The van der Waals surface area contributed by atoms with Crippen molar-refractivity contribution in [3.63, 3.8) is 0 Å². The number of hydrogen-bond donors (Lipinski definition) is 1. The Hall–Kier alpha value is -1.33. The number of nitrogens with one attached hydrogen (secondary N) is 1. The van der Waals surface area contributed by atoms with Crippen LogP contribution in [0.25, 0.3) is 10.2 Å². The first-order valence-electron chi connectivity index (χ1n) is 6.73. The molecule has 0 saturated heterocycles. The van der Waals surface area contributed by atoms with Gasteiger partial charge in [0.25, 0.3) is 0 Å². The van der Waals surface area contributed by atoms with Gasteiger partial charge in [-0.25, -0.2) is 4.98 Å². The number of halogens is 3. The van der Waals surface area contributed by atoms with E-state index < -0.39 is 0 Å². The first-order chi connectivity index (χ1) is 10.9. The molecule has 118 valence electrons. The summed E-state index contributed by atoms with van der Waals surface area (Å²) in [5.41, 5.74) is 1.95. The molecule has 1 heterocycles. The van der Waals surface area contributed by atoms with E-state index in [1.165, 1.54) is 0 Å². The number of aromatic nitrogens is 1. The highest BCUT2D eigenvalue weighted by Gasteiger charge is 2.13. The van der Waals surface area contributed by atoms with Crippen LogP contribution in [-0.2, 0) is 11.2 Å². The summed E-state index contributed by atoms with van der Waals surface area (Å²) in [4.78, 5) is 16.6. The molecular weight excluding hydrogens is 375 g/mol. The molecule has 0 aliphatic heterocycles. The molecule has 7 heteroatoms. The summed E-state index contributed by atoms with van der Waals surface area (Å²) in [7, 11) is 0. The fourth-order valence-corrected chi connectivity index (χ4v) is 3.82. The van der Waals surface area contributed by atoms with Crippen molar-refractivity contribution in [3.05, 3.63) is 56.0 Å². The van der Waals surface area contributed by atoms with Gasteiger partial charge in [0.1, 0.15) is 5.52 Å². The molecule has 3 nitrogen and oxygen atoms in total. The van der Waals surface area contributed by atoms with Gasteiger partial charge in [-0.1, -0.05) is 40.9 Å². The van der Waals surface area contributed by atoms with E-state index in [0.29, 0.717) is 31.8 Å². The van der Waals surface area contributed by atoms with Gasteiger partial charge in [0, 0.05) is 10.0 Å². The Kier molecular flexibility index (Phi) is 4.78. The lowest BCUT2D eigenvalue weighted by Crippen LogP contribution is -2.15. The minimum absolute atomic E-state index is 0.139. The third-order valence-corrected chi connectivity index (χ3v) is 5.15. The first-order valence-corrected chi connectivity index (χ1v) is 8.68. The number of rotatable bonds is 3. The van der Waals surface area contributed by atoms with E-state index in [1.54, 1.807) is 35.6 Å². The van der Waals surface area contributed by atoms with Crippen LogP contribution in [0.4, 0.5) is 5.69 Å². The van der Waals surface area contributed by atoms with Crippen LogP contribution < -0.4 is 5.32 Å². The maximum Gasteiger partial charge on any atom is 0.228 e. The monoisotopic (exact) mass is 384 g/mol. The lowest BCUT2D eigenvalue weighted by Gasteiger charge is -2.09. The predicted molar refractivity (Wildman–Crippen MR) is 98.2 cm³/mol. The van der Waals surface area contributed by atoms with E-state index in [1.807, 2.05) is 13.0 Å². The second-order valence-corrected chi connectivity index (χ2v) is 7.42. The molecule has 1 amide bonds. The highest BCUT2D eigenvalue weighted by molar-refractivity contribution is 7.18. The summed E-state index contributed by atoms with van der Waals surface area (Å²) >= 11 is 19.8. The second-order valence-electron chi connectivity index (χ2n) is 4.97. The number of carbonyl (C=O) groups excluding carboxylic acids is 1. The number of nitrogens with zero attached hydrogens (tertiary/aromatic N) is 1. The van der Waals surface area contributed by atoms with Crippen LogP contribution >= 0.6 is 46.1 Å². The van der Waals surface area contributed by atoms with Crippen molar-refractivity contribution < 1.29 is 4.79 Å². The summed E-state index contributed by atoms with van der Waals surface area (Å²) in [6.45, 7) is 1.92. The number of amides is 1. The maximum atomic E-state index is 12.2. The maximum absolute atomic E-state index is 12.2. The lowest BCUT2D eigenvalue weighted by atomic mass is 10.1. The van der Waals surface area contributed by atoms with E-state index in [-0.39, 0.29) is 12.3 Å². The van der Waals surface area contributed by atoms with E-state index in [9.17, 15) is 4.79 Å². The molecule has 0 saturated carbocycles. The van der Waals surface area contributed by atoms with Crippen molar-refractivity contribution in [2.24, 2.45) is 0 Å². The average molecular weight is 386 g/mol. The van der Waals surface area contributed by atoms with Gasteiger partial charge in [-0.05, 0) is 36.8 Å². The Balaban J connectivity index is 1.81. The second kappa shape index (κ2) is 6.65. The Morgan fingerprint density at radius 3 is 2.74 bits per heavy atom. The number of carbonyl (C=O) groups is 1. The molecule has 0 unspecified atom stereocenters. The van der Waals surface area contributed by atoms with Gasteiger partial charge in [0.05, 0.1) is 26.8 Å². The van der Waals surface area contributed by atoms with Crippen LogP contribution in [-0.4, -0.2) is 10.9 Å². The smallest absolute Gasteiger partial charge is 0.228 e. The van der Waals surface area contributed by atoms with Crippen LogP contribution in [0.1, 0.15) is 10.6 Å². The van der Waals surface area contributed by atoms with Gasteiger partial charge < -0.3 is 5.32 Å². The molecule has 0 radical (unpaired) electrons. The lowest BCUT2D eigenvalue weighted by molar-refractivity contribution is -0.115. The first kappa shape index (κ1) is 16.5. The molecule has 0 aliphatic carbocycles. The number of hydrogen-bond acceptors (Lipinski definition) is 3. The van der Waals surface area contributed by atoms with E-state index in [2.05, 4.69) is 10.3 Å². The summed E-state index contributed by atoms with van der Waals surface area (Å²) in [5.74, 6) is -0.206. The summed E-state index contributed by atoms with van der Waals surface area (Å²) < 4.78 is 0.992. The number of fused-ring (bicyclic) bond motifs is 1. The largest absolute Gasteiger partial charge is 0.324 e. The molecule has 0 bridgehead atoms. The van der Waals surface area contributed by atoms with Crippen LogP contribution in [0.15, 0.2) is 30.3 Å². The molecule has 0 aliphatic rings. The zero-order valence-corrected chi connectivity index (χ0v) is 15.1. The molecule has 23 heavy (non-hydrogen) atoms. The zero-order chi connectivity index (χ0) is 16.6. The van der Waals surface area contributed by atoms with Gasteiger partial charge in [-0.3, -0.25) is 4.79 Å². The molecule has 1 N–H and O–H groups in total. The van der Waals surface area contributed by atoms with Crippen LogP contribution in [0.5, 0.6) is 0 Å². The van der Waals surface area contributed by atoms with Crippen molar-refractivity contribution in [2.75, 3.05) is 5.32 Å². The number of aryl methyl sites for hydroxylation is 1. The predicted octanol–water partition coefficient (Wildman–Crippen LogP) is 5.75. The molecule has 1 aromatic heterocycles. The fourth-order valence-electron chi connectivity index (χ4n) is 2.20. The Labute approximate surface area is 152 Å². The SMILES string of the molecule is Cc1nc2c(Cl)c(NC(=O)Cc3ccc(Cl)cc3Cl)ccc2s1. The van der Waals surface area contributed by atoms with Gasteiger partial charge in [0.15, 0.2) is 0 Å². The Bertz CT molecular complexity index is 908. The van der Waals surface area contributed by atoms with Crippen molar-refractivity contribution in [3.8, 4) is 0 Å². The number of thiazole rings is 1. The quantitative estimate of drug-likeness (QED) is 0.624. The molecule has 3 rings (SSSR count). The third kappa shape index (κ3) is 3.61. The summed E-state index contributed by atoms with van der Waals surface area (Å²) in [6, 6.07) is 8.73. The Morgan fingerprint density at radius 1 is 1.22 bits per heavy atom. The minimum Gasteiger partial charge on any atom is -0.324 e. The Morgan fingerprint density at radius 2 is 2.00 bits per heavy atom. The van der Waals surface area contributed by atoms with E-state index in [4.69, 9.17) is 34.8 Å². The van der Waals surface area contributed by atoms with Crippen LogP contribution in [0, 0.1) is 6.92 Å².